The molecule has 0 aliphatic carbocycles. The smallest absolute Gasteiger partial charge is 0.174 e. The number of hydrogen-bond acceptors (Lipinski definition) is 4. The highest BCUT2D eigenvalue weighted by atomic mass is 32.2. The summed E-state index contributed by atoms with van der Waals surface area (Å²) in [6, 6.07) is 9.88. The highest BCUT2D eigenvalue weighted by molar-refractivity contribution is 8.00. The van der Waals surface area contributed by atoms with Crippen molar-refractivity contribution < 1.29 is 4.74 Å². The monoisotopic (exact) mass is 262 g/mol. The molecule has 0 saturated carbocycles. The van der Waals surface area contributed by atoms with Gasteiger partial charge in [-0.1, -0.05) is 12.1 Å². The Hall–Kier alpha value is -1.18. The number of nitriles is 1. The molecular formula is C14H18N2OS. The molecule has 1 saturated heterocycles. The largest absolute Gasteiger partial charge is 0.479 e. The van der Waals surface area contributed by atoms with Crippen LogP contribution in [0.15, 0.2) is 24.3 Å². The van der Waals surface area contributed by atoms with Gasteiger partial charge in [-0.15, -0.1) is 0 Å². The lowest BCUT2D eigenvalue weighted by Gasteiger charge is -2.10. The Kier molecular flexibility index (Phi) is 5.37. The minimum absolute atomic E-state index is 0.108. The normalized spacial score (nSPS) is 18.5. The van der Waals surface area contributed by atoms with Crippen molar-refractivity contribution in [1.82, 2.24) is 5.32 Å². The van der Waals surface area contributed by atoms with Crippen molar-refractivity contribution >= 4 is 11.8 Å². The lowest BCUT2D eigenvalue weighted by Crippen LogP contribution is -2.22. The van der Waals surface area contributed by atoms with Crippen LogP contribution >= 0.6 is 11.8 Å². The van der Waals surface area contributed by atoms with Crippen molar-refractivity contribution in [3.8, 4) is 11.8 Å². The molecule has 2 rings (SSSR count). The van der Waals surface area contributed by atoms with Crippen molar-refractivity contribution in [1.29, 1.82) is 5.26 Å². The quantitative estimate of drug-likeness (QED) is 0.856. The molecule has 0 amide bonds. The first-order chi connectivity index (χ1) is 8.88. The van der Waals surface area contributed by atoms with Crippen molar-refractivity contribution in [2.75, 3.05) is 18.9 Å². The summed E-state index contributed by atoms with van der Waals surface area (Å²) >= 11 is 2.08. The van der Waals surface area contributed by atoms with Crippen LogP contribution in [0.1, 0.15) is 18.4 Å². The fourth-order valence-corrected chi connectivity index (χ4v) is 3.24. The molecule has 1 fully saturated rings. The fourth-order valence-electron chi connectivity index (χ4n) is 2.00. The molecule has 3 nitrogen and oxygen atoms in total. The van der Waals surface area contributed by atoms with Crippen LogP contribution in [-0.4, -0.2) is 24.2 Å². The second kappa shape index (κ2) is 7.30. The Morgan fingerprint density at radius 3 is 2.89 bits per heavy atom. The van der Waals surface area contributed by atoms with Crippen LogP contribution in [0.2, 0.25) is 0 Å². The second-order valence-corrected chi connectivity index (χ2v) is 5.76. The summed E-state index contributed by atoms with van der Waals surface area (Å²) < 4.78 is 5.21. The van der Waals surface area contributed by atoms with Crippen LogP contribution in [-0.2, 0) is 6.54 Å². The molecule has 4 heteroatoms. The highest BCUT2D eigenvalue weighted by Crippen LogP contribution is 2.25. The Morgan fingerprint density at radius 2 is 2.22 bits per heavy atom. The van der Waals surface area contributed by atoms with Crippen molar-refractivity contribution in [2.45, 2.75) is 24.6 Å². The predicted molar refractivity (Wildman–Crippen MR) is 74.7 cm³/mol. The van der Waals surface area contributed by atoms with Gasteiger partial charge in [-0.05, 0) is 36.3 Å². The van der Waals surface area contributed by atoms with E-state index in [4.69, 9.17) is 10.00 Å². The van der Waals surface area contributed by atoms with Crippen LogP contribution < -0.4 is 10.1 Å². The molecule has 1 atom stereocenters. The third kappa shape index (κ3) is 4.25. The molecule has 96 valence electrons. The maximum Gasteiger partial charge on any atom is 0.174 e. The summed E-state index contributed by atoms with van der Waals surface area (Å²) in [5, 5.41) is 12.7. The third-order valence-corrected chi connectivity index (χ3v) is 4.35. The van der Waals surface area contributed by atoms with Gasteiger partial charge < -0.3 is 10.1 Å². The topological polar surface area (TPSA) is 45.0 Å². The van der Waals surface area contributed by atoms with Gasteiger partial charge >= 0.3 is 0 Å². The molecule has 0 bridgehead atoms. The van der Waals surface area contributed by atoms with Gasteiger partial charge in [-0.2, -0.15) is 17.0 Å². The van der Waals surface area contributed by atoms with E-state index >= 15 is 0 Å². The van der Waals surface area contributed by atoms with Crippen LogP contribution in [0.3, 0.4) is 0 Å². The van der Waals surface area contributed by atoms with Gasteiger partial charge in [0.15, 0.2) is 6.61 Å². The summed E-state index contributed by atoms with van der Waals surface area (Å²) in [5.41, 5.74) is 1.25. The van der Waals surface area contributed by atoms with E-state index in [1.54, 1.807) is 0 Å². The molecule has 1 aliphatic rings. The molecule has 1 aromatic carbocycles. The summed E-state index contributed by atoms with van der Waals surface area (Å²) in [6.45, 7) is 2.10. The second-order valence-electron chi connectivity index (χ2n) is 4.36. The molecule has 1 aliphatic heterocycles. The maximum atomic E-state index is 8.42. The van der Waals surface area contributed by atoms with Gasteiger partial charge in [-0.3, -0.25) is 0 Å². The van der Waals surface area contributed by atoms with E-state index in [0.717, 1.165) is 24.1 Å². The molecular weight excluding hydrogens is 244 g/mol. The molecule has 1 N–H and O–H groups in total. The van der Waals surface area contributed by atoms with Gasteiger partial charge in [0.25, 0.3) is 0 Å². The van der Waals surface area contributed by atoms with Crippen molar-refractivity contribution in [2.24, 2.45) is 0 Å². The number of ether oxygens (including phenoxy) is 1. The zero-order chi connectivity index (χ0) is 12.6. The molecule has 0 radical (unpaired) electrons. The number of benzene rings is 1. The first-order valence-corrected chi connectivity index (χ1v) is 7.34. The Labute approximate surface area is 113 Å². The van der Waals surface area contributed by atoms with E-state index in [1.807, 2.05) is 30.3 Å². The third-order valence-electron chi connectivity index (χ3n) is 2.95. The zero-order valence-electron chi connectivity index (χ0n) is 10.4. The summed E-state index contributed by atoms with van der Waals surface area (Å²) in [4.78, 5) is 0. The van der Waals surface area contributed by atoms with Crippen LogP contribution in [0, 0.1) is 11.3 Å². The summed E-state index contributed by atoms with van der Waals surface area (Å²) in [7, 11) is 0. The number of nitrogens with one attached hydrogen (secondary N) is 1. The minimum atomic E-state index is 0.108. The highest BCUT2D eigenvalue weighted by Gasteiger charge is 2.14. The SMILES string of the molecule is N#CCOc1ccc(CNCC2CCCS2)cc1. The van der Waals surface area contributed by atoms with E-state index < -0.39 is 0 Å². The van der Waals surface area contributed by atoms with Crippen molar-refractivity contribution in [3.05, 3.63) is 29.8 Å². The minimum Gasteiger partial charge on any atom is -0.479 e. The molecule has 18 heavy (non-hydrogen) atoms. The molecule has 1 heterocycles. The summed E-state index contributed by atoms with van der Waals surface area (Å²) in [6.07, 6.45) is 2.71. The zero-order valence-corrected chi connectivity index (χ0v) is 11.2. The number of nitrogens with zero attached hydrogens (tertiary/aromatic N) is 1. The van der Waals surface area contributed by atoms with Crippen LogP contribution in [0.4, 0.5) is 0 Å². The van der Waals surface area contributed by atoms with Gasteiger partial charge in [-0.25, -0.2) is 0 Å². The van der Waals surface area contributed by atoms with Crippen molar-refractivity contribution in [3.63, 3.8) is 0 Å². The van der Waals surface area contributed by atoms with E-state index in [0.29, 0.717) is 0 Å². The van der Waals surface area contributed by atoms with Crippen LogP contribution in [0.5, 0.6) is 5.75 Å². The Balaban J connectivity index is 1.70. The Morgan fingerprint density at radius 1 is 1.39 bits per heavy atom. The number of thioether (sulfide) groups is 1. The average Bonchev–Trinajstić information content (AvgIpc) is 2.91. The van der Waals surface area contributed by atoms with Gasteiger partial charge in [0.1, 0.15) is 11.8 Å². The van der Waals surface area contributed by atoms with Crippen LogP contribution in [0.25, 0.3) is 0 Å². The standard InChI is InChI=1S/C14H18N2OS/c15-7-8-17-13-5-3-12(4-6-13)10-16-11-14-2-1-9-18-14/h3-6,14,16H,1-2,8-11H2. The first-order valence-electron chi connectivity index (χ1n) is 6.29. The molecule has 1 unspecified atom stereocenters. The van der Waals surface area contributed by atoms with E-state index in [2.05, 4.69) is 17.1 Å². The van der Waals surface area contributed by atoms with Gasteiger partial charge in [0.05, 0.1) is 0 Å². The van der Waals surface area contributed by atoms with Gasteiger partial charge in [0, 0.05) is 18.3 Å². The molecule has 0 spiro atoms. The average molecular weight is 262 g/mol. The number of hydrogen-bond donors (Lipinski definition) is 1. The predicted octanol–water partition coefficient (Wildman–Crippen LogP) is 2.57. The van der Waals surface area contributed by atoms with E-state index in [9.17, 15) is 0 Å². The first kappa shape index (κ1) is 13.3. The fraction of sp³-hybridized carbons (Fsp3) is 0.500. The number of rotatable bonds is 6. The lowest BCUT2D eigenvalue weighted by molar-refractivity contribution is 0.368. The lowest BCUT2D eigenvalue weighted by atomic mass is 10.2. The maximum absolute atomic E-state index is 8.42. The van der Waals surface area contributed by atoms with E-state index in [-0.39, 0.29) is 6.61 Å². The molecule has 0 aromatic heterocycles. The van der Waals surface area contributed by atoms with Gasteiger partial charge in [0.2, 0.25) is 0 Å². The summed E-state index contributed by atoms with van der Waals surface area (Å²) in [5.74, 6) is 2.07. The molecule has 1 aromatic rings. The Bertz CT molecular complexity index is 393. The van der Waals surface area contributed by atoms with E-state index in [1.165, 1.54) is 24.2 Å².